The minimum absolute atomic E-state index is 0.145. The Morgan fingerprint density at radius 3 is 2.25 bits per heavy atom. The first-order valence-electron chi connectivity index (χ1n) is 6.60. The molecule has 1 heterocycles. The molecular weight excluding hydrogens is 250 g/mol. The van der Waals surface area contributed by atoms with Gasteiger partial charge in [-0.15, -0.1) is 0 Å². The third kappa shape index (κ3) is 2.35. The van der Waals surface area contributed by atoms with Gasteiger partial charge in [-0.1, -0.05) is 0 Å². The van der Waals surface area contributed by atoms with E-state index in [0.717, 1.165) is 22.7 Å². The SMILES string of the molecule is Cc1c(C#N)c(N)n(-c2ccc(OC(C)C)cc2)c1C. The van der Waals surface area contributed by atoms with Crippen molar-refractivity contribution in [1.82, 2.24) is 4.57 Å². The fourth-order valence-electron chi connectivity index (χ4n) is 2.25. The highest BCUT2D eigenvalue weighted by Crippen LogP contribution is 2.28. The predicted molar refractivity (Wildman–Crippen MR) is 80.1 cm³/mol. The second-order valence-electron chi connectivity index (χ2n) is 5.08. The van der Waals surface area contributed by atoms with Crippen LogP contribution in [0.15, 0.2) is 24.3 Å². The predicted octanol–water partition coefficient (Wildman–Crippen LogP) is 3.34. The summed E-state index contributed by atoms with van der Waals surface area (Å²) < 4.78 is 7.52. The molecule has 0 bridgehead atoms. The number of benzene rings is 1. The molecule has 0 spiro atoms. The Hall–Kier alpha value is -2.41. The summed E-state index contributed by atoms with van der Waals surface area (Å²) in [5, 5.41) is 9.16. The van der Waals surface area contributed by atoms with Gasteiger partial charge < -0.3 is 10.5 Å². The third-order valence-corrected chi connectivity index (χ3v) is 3.33. The van der Waals surface area contributed by atoms with Crippen LogP contribution in [0.4, 0.5) is 5.82 Å². The van der Waals surface area contributed by atoms with Crippen molar-refractivity contribution in [1.29, 1.82) is 5.26 Å². The van der Waals surface area contributed by atoms with E-state index in [1.807, 2.05) is 56.5 Å². The molecule has 0 aliphatic carbocycles. The lowest BCUT2D eigenvalue weighted by molar-refractivity contribution is 0.242. The van der Waals surface area contributed by atoms with E-state index in [-0.39, 0.29) is 6.10 Å². The molecule has 20 heavy (non-hydrogen) atoms. The van der Waals surface area contributed by atoms with Gasteiger partial charge in [0.15, 0.2) is 0 Å². The van der Waals surface area contributed by atoms with Crippen LogP contribution in [0.25, 0.3) is 5.69 Å². The molecule has 0 radical (unpaired) electrons. The Morgan fingerprint density at radius 2 is 1.80 bits per heavy atom. The van der Waals surface area contributed by atoms with Crippen molar-refractivity contribution in [2.24, 2.45) is 0 Å². The average Bonchev–Trinajstić information content (AvgIpc) is 2.61. The summed E-state index contributed by atoms with van der Waals surface area (Å²) in [7, 11) is 0. The Bertz CT molecular complexity index is 661. The van der Waals surface area contributed by atoms with E-state index in [9.17, 15) is 0 Å². The van der Waals surface area contributed by atoms with Crippen molar-refractivity contribution < 1.29 is 4.74 Å². The van der Waals surface area contributed by atoms with Gasteiger partial charge in [-0.3, -0.25) is 4.57 Å². The summed E-state index contributed by atoms with van der Waals surface area (Å²) in [6, 6.07) is 9.88. The standard InChI is InChI=1S/C16H19N3O/c1-10(2)20-14-7-5-13(6-8-14)19-12(4)11(3)15(9-17)16(19)18/h5-8,10H,18H2,1-4H3. The lowest BCUT2D eigenvalue weighted by Crippen LogP contribution is -2.06. The van der Waals surface area contributed by atoms with Gasteiger partial charge in [-0.25, -0.2) is 0 Å². The average molecular weight is 269 g/mol. The van der Waals surface area contributed by atoms with E-state index < -0.39 is 0 Å². The van der Waals surface area contributed by atoms with Gasteiger partial charge in [-0.05, 0) is 57.5 Å². The Labute approximate surface area is 119 Å². The summed E-state index contributed by atoms with van der Waals surface area (Å²) in [6.07, 6.45) is 0.145. The molecule has 1 aromatic carbocycles. The van der Waals surface area contributed by atoms with Gasteiger partial charge >= 0.3 is 0 Å². The van der Waals surface area contributed by atoms with E-state index in [1.165, 1.54) is 0 Å². The van der Waals surface area contributed by atoms with Crippen molar-refractivity contribution in [2.75, 3.05) is 5.73 Å². The smallest absolute Gasteiger partial charge is 0.126 e. The first-order chi connectivity index (χ1) is 9.45. The van der Waals surface area contributed by atoms with Gasteiger partial charge in [0, 0.05) is 11.4 Å². The van der Waals surface area contributed by atoms with Crippen LogP contribution in [0, 0.1) is 25.2 Å². The zero-order valence-electron chi connectivity index (χ0n) is 12.3. The number of nitrogen functional groups attached to an aromatic ring is 1. The van der Waals surface area contributed by atoms with E-state index in [1.54, 1.807) is 0 Å². The van der Waals surface area contributed by atoms with Crippen molar-refractivity contribution in [3.05, 3.63) is 41.1 Å². The van der Waals surface area contributed by atoms with Crippen LogP contribution < -0.4 is 10.5 Å². The highest BCUT2D eigenvalue weighted by Gasteiger charge is 2.16. The van der Waals surface area contributed by atoms with Gasteiger partial charge in [0.05, 0.1) is 11.7 Å². The number of nitriles is 1. The fraction of sp³-hybridized carbons (Fsp3) is 0.312. The second-order valence-corrected chi connectivity index (χ2v) is 5.08. The van der Waals surface area contributed by atoms with Gasteiger partial charge in [0.2, 0.25) is 0 Å². The monoisotopic (exact) mass is 269 g/mol. The third-order valence-electron chi connectivity index (χ3n) is 3.33. The van der Waals surface area contributed by atoms with Crippen molar-refractivity contribution in [3.63, 3.8) is 0 Å². The second kappa shape index (κ2) is 5.30. The minimum Gasteiger partial charge on any atom is -0.491 e. The molecule has 0 aliphatic heterocycles. The molecule has 0 saturated heterocycles. The Morgan fingerprint density at radius 1 is 1.20 bits per heavy atom. The normalized spacial score (nSPS) is 10.6. The summed E-state index contributed by atoms with van der Waals surface area (Å²) in [4.78, 5) is 0. The van der Waals surface area contributed by atoms with Crippen molar-refractivity contribution in [3.8, 4) is 17.5 Å². The topological polar surface area (TPSA) is 64.0 Å². The molecule has 0 unspecified atom stereocenters. The number of nitrogens with zero attached hydrogens (tertiary/aromatic N) is 2. The first kappa shape index (κ1) is 14.0. The zero-order valence-corrected chi connectivity index (χ0v) is 12.3. The zero-order chi connectivity index (χ0) is 14.9. The lowest BCUT2D eigenvalue weighted by atomic mass is 10.2. The van der Waals surface area contributed by atoms with Gasteiger partial charge in [-0.2, -0.15) is 5.26 Å². The largest absolute Gasteiger partial charge is 0.491 e. The molecule has 0 amide bonds. The molecular formula is C16H19N3O. The summed E-state index contributed by atoms with van der Waals surface area (Å²) in [5.74, 6) is 1.31. The summed E-state index contributed by atoms with van der Waals surface area (Å²) >= 11 is 0. The molecule has 0 saturated carbocycles. The molecule has 2 N–H and O–H groups in total. The number of anilines is 1. The lowest BCUT2D eigenvalue weighted by Gasteiger charge is -2.12. The number of hydrogen-bond acceptors (Lipinski definition) is 3. The Balaban J connectivity index is 2.45. The molecule has 0 aliphatic rings. The van der Waals surface area contributed by atoms with Crippen LogP contribution >= 0.6 is 0 Å². The molecule has 4 heteroatoms. The number of aromatic nitrogens is 1. The van der Waals surface area contributed by atoms with E-state index in [0.29, 0.717) is 11.4 Å². The number of ether oxygens (including phenoxy) is 1. The molecule has 4 nitrogen and oxygen atoms in total. The fourth-order valence-corrected chi connectivity index (χ4v) is 2.25. The quantitative estimate of drug-likeness (QED) is 0.929. The van der Waals surface area contributed by atoms with Crippen LogP contribution in [-0.2, 0) is 0 Å². The number of nitrogens with two attached hydrogens (primary N) is 1. The van der Waals surface area contributed by atoms with E-state index in [2.05, 4.69) is 6.07 Å². The van der Waals surface area contributed by atoms with Crippen molar-refractivity contribution in [2.45, 2.75) is 33.8 Å². The molecule has 0 fully saturated rings. The summed E-state index contributed by atoms with van der Waals surface area (Å²) in [6.45, 7) is 7.86. The van der Waals surface area contributed by atoms with Crippen LogP contribution in [0.1, 0.15) is 30.7 Å². The first-order valence-corrected chi connectivity index (χ1v) is 6.60. The minimum atomic E-state index is 0.145. The van der Waals surface area contributed by atoms with Crippen molar-refractivity contribution >= 4 is 5.82 Å². The molecule has 0 atom stereocenters. The molecule has 1 aromatic heterocycles. The molecule has 2 rings (SSSR count). The maximum Gasteiger partial charge on any atom is 0.126 e. The highest BCUT2D eigenvalue weighted by atomic mass is 16.5. The van der Waals surface area contributed by atoms with Crippen LogP contribution in [0.2, 0.25) is 0 Å². The van der Waals surface area contributed by atoms with Crippen LogP contribution in [0.5, 0.6) is 5.75 Å². The Kier molecular flexibility index (Phi) is 3.71. The summed E-state index contributed by atoms with van der Waals surface area (Å²) in [5.41, 5.74) is 9.46. The maximum atomic E-state index is 9.16. The van der Waals surface area contributed by atoms with E-state index >= 15 is 0 Å². The maximum absolute atomic E-state index is 9.16. The van der Waals surface area contributed by atoms with Crippen LogP contribution in [-0.4, -0.2) is 10.7 Å². The number of rotatable bonds is 3. The van der Waals surface area contributed by atoms with E-state index in [4.69, 9.17) is 15.7 Å². The van der Waals surface area contributed by atoms with Gasteiger partial charge in [0.1, 0.15) is 17.6 Å². The van der Waals surface area contributed by atoms with Gasteiger partial charge in [0.25, 0.3) is 0 Å². The molecule has 104 valence electrons. The number of hydrogen-bond donors (Lipinski definition) is 1. The molecule has 2 aromatic rings. The highest BCUT2D eigenvalue weighted by molar-refractivity contribution is 5.62. The van der Waals surface area contributed by atoms with Crippen LogP contribution in [0.3, 0.4) is 0 Å².